The molecule has 0 aliphatic carbocycles. The number of ether oxygens (including phenoxy) is 1. The number of thioether (sulfide) groups is 1. The van der Waals surface area contributed by atoms with E-state index in [1.165, 1.54) is 6.92 Å². The summed E-state index contributed by atoms with van der Waals surface area (Å²) < 4.78 is 5.35. The Balaban J connectivity index is 1.63. The van der Waals surface area contributed by atoms with E-state index >= 15 is 0 Å². The third kappa shape index (κ3) is 3.55. The van der Waals surface area contributed by atoms with Crippen LogP contribution in [0.25, 0.3) is 0 Å². The average Bonchev–Trinajstić information content (AvgIpc) is 3.07. The van der Waals surface area contributed by atoms with Crippen molar-refractivity contribution in [2.75, 3.05) is 11.1 Å². The lowest BCUT2D eigenvalue weighted by Gasteiger charge is -2.29. The molecule has 0 radical (unpaired) electrons. The number of hydrogen-bond acceptors (Lipinski definition) is 5. The fourth-order valence-corrected chi connectivity index (χ4v) is 4.85. The zero-order valence-electron chi connectivity index (χ0n) is 14.9. The molecule has 2 saturated heterocycles. The summed E-state index contributed by atoms with van der Waals surface area (Å²) in [6, 6.07) is 4.54. The number of carbonyl (C=O) groups is 3. The summed E-state index contributed by atoms with van der Waals surface area (Å²) in [5, 5.41) is 3.23. The highest BCUT2D eigenvalue weighted by atomic mass is 35.5. The smallest absolute Gasteiger partial charge is 0.330 e. The van der Waals surface area contributed by atoms with Gasteiger partial charge in [0.05, 0.1) is 4.87 Å². The van der Waals surface area contributed by atoms with E-state index in [0.29, 0.717) is 22.9 Å². The van der Waals surface area contributed by atoms with E-state index in [-0.39, 0.29) is 10.8 Å². The van der Waals surface area contributed by atoms with Crippen LogP contribution in [0.4, 0.5) is 5.69 Å². The van der Waals surface area contributed by atoms with Crippen molar-refractivity contribution in [1.82, 2.24) is 4.90 Å². The maximum atomic E-state index is 12.5. The average molecular weight is 397 g/mol. The predicted octanol–water partition coefficient (Wildman–Crippen LogP) is 2.97. The molecule has 0 spiro atoms. The highest BCUT2D eigenvalue weighted by Gasteiger charge is 2.53. The van der Waals surface area contributed by atoms with Gasteiger partial charge in [0, 0.05) is 22.9 Å². The lowest BCUT2D eigenvalue weighted by Crippen LogP contribution is -2.48. The fourth-order valence-electron chi connectivity index (χ4n) is 3.26. The van der Waals surface area contributed by atoms with Crippen LogP contribution in [-0.2, 0) is 19.1 Å². The first-order chi connectivity index (χ1) is 12.2. The van der Waals surface area contributed by atoms with E-state index in [9.17, 15) is 14.4 Å². The minimum Gasteiger partial charge on any atom is -0.451 e. The van der Waals surface area contributed by atoms with Crippen LogP contribution < -0.4 is 5.32 Å². The molecule has 2 aliphatic heterocycles. The molecule has 0 saturated carbocycles. The van der Waals surface area contributed by atoms with Gasteiger partial charge in [-0.2, -0.15) is 0 Å². The molecule has 3 atom stereocenters. The number of amides is 2. The minimum absolute atomic E-state index is 0.0360. The monoisotopic (exact) mass is 396 g/mol. The van der Waals surface area contributed by atoms with Crippen molar-refractivity contribution in [2.24, 2.45) is 0 Å². The van der Waals surface area contributed by atoms with E-state index in [2.05, 4.69) is 5.32 Å². The van der Waals surface area contributed by atoms with Gasteiger partial charge in [0.15, 0.2) is 6.10 Å². The number of aryl methyl sites for hydroxylation is 1. The number of rotatable bonds is 4. The number of nitrogens with one attached hydrogen (secondary N) is 1. The summed E-state index contributed by atoms with van der Waals surface area (Å²) in [6.45, 7) is 5.33. The summed E-state index contributed by atoms with van der Waals surface area (Å²) in [5.41, 5.74) is 1.43. The van der Waals surface area contributed by atoms with Crippen LogP contribution in [0.2, 0.25) is 5.02 Å². The molecule has 0 aromatic heterocycles. The van der Waals surface area contributed by atoms with E-state index in [1.807, 2.05) is 13.8 Å². The van der Waals surface area contributed by atoms with Crippen LogP contribution in [0, 0.1) is 6.92 Å². The standard InChI is InChI=1S/C18H21ClN2O4S/c1-10-4-5-12(19)8-13(10)20-16(23)11(2)25-17(24)14-9-26-18(3)7-6-15(22)21(14)18/h4-5,8,11,14H,6-7,9H2,1-3H3,(H,20,23)/t11-,14+,18+/m1/s1. The van der Waals surface area contributed by atoms with E-state index in [1.54, 1.807) is 34.9 Å². The predicted molar refractivity (Wildman–Crippen MR) is 101 cm³/mol. The van der Waals surface area contributed by atoms with Gasteiger partial charge >= 0.3 is 5.97 Å². The molecule has 6 nitrogen and oxygen atoms in total. The topological polar surface area (TPSA) is 75.7 Å². The Morgan fingerprint density at radius 3 is 2.92 bits per heavy atom. The normalized spacial score (nSPS) is 25.8. The Hall–Kier alpha value is -1.73. The lowest BCUT2D eigenvalue weighted by atomic mass is 10.2. The second-order valence-electron chi connectivity index (χ2n) is 6.79. The van der Waals surface area contributed by atoms with Crippen molar-refractivity contribution in [3.05, 3.63) is 28.8 Å². The maximum Gasteiger partial charge on any atom is 0.330 e. The minimum atomic E-state index is -0.976. The molecule has 2 heterocycles. The number of hydrogen-bond donors (Lipinski definition) is 1. The summed E-state index contributed by atoms with van der Waals surface area (Å²) in [4.78, 5) is 38.3. The van der Waals surface area contributed by atoms with Gasteiger partial charge in [0.25, 0.3) is 5.91 Å². The van der Waals surface area contributed by atoms with Crippen LogP contribution in [0.3, 0.4) is 0 Å². The molecule has 2 fully saturated rings. The molecule has 8 heteroatoms. The summed E-state index contributed by atoms with van der Waals surface area (Å²) in [7, 11) is 0. The lowest BCUT2D eigenvalue weighted by molar-refractivity contribution is -0.160. The number of fused-ring (bicyclic) bond motifs is 1. The second kappa shape index (κ2) is 7.12. The first kappa shape index (κ1) is 19.0. The van der Waals surface area contributed by atoms with Crippen molar-refractivity contribution < 1.29 is 19.1 Å². The van der Waals surface area contributed by atoms with Crippen molar-refractivity contribution in [1.29, 1.82) is 0 Å². The van der Waals surface area contributed by atoms with Crippen LogP contribution in [-0.4, -0.2) is 45.5 Å². The number of benzene rings is 1. The number of halogens is 1. The van der Waals surface area contributed by atoms with Crippen molar-refractivity contribution in [3.8, 4) is 0 Å². The van der Waals surface area contributed by atoms with Crippen molar-refractivity contribution in [2.45, 2.75) is 50.6 Å². The molecule has 1 aromatic rings. The molecular formula is C18H21ClN2O4S. The van der Waals surface area contributed by atoms with Crippen LogP contribution >= 0.6 is 23.4 Å². The Kier molecular flexibility index (Phi) is 5.21. The molecule has 3 rings (SSSR count). The quantitative estimate of drug-likeness (QED) is 0.792. The summed E-state index contributed by atoms with van der Waals surface area (Å²) in [6.07, 6.45) is 0.192. The van der Waals surface area contributed by atoms with Gasteiger partial charge in [0.2, 0.25) is 5.91 Å². The zero-order valence-corrected chi connectivity index (χ0v) is 16.4. The van der Waals surface area contributed by atoms with Crippen LogP contribution in [0.15, 0.2) is 18.2 Å². The van der Waals surface area contributed by atoms with Gasteiger partial charge in [-0.1, -0.05) is 17.7 Å². The van der Waals surface area contributed by atoms with Gasteiger partial charge in [-0.15, -0.1) is 11.8 Å². The fraction of sp³-hybridized carbons (Fsp3) is 0.500. The number of nitrogens with zero attached hydrogens (tertiary/aromatic N) is 1. The summed E-state index contributed by atoms with van der Waals surface area (Å²) in [5.74, 6) is -0.527. The first-order valence-electron chi connectivity index (χ1n) is 8.45. The Bertz CT molecular complexity index is 772. The molecular weight excluding hydrogens is 376 g/mol. The summed E-state index contributed by atoms with van der Waals surface area (Å²) >= 11 is 7.54. The molecule has 1 N–H and O–H groups in total. The van der Waals surface area contributed by atoms with Crippen LogP contribution in [0.1, 0.15) is 32.3 Å². The van der Waals surface area contributed by atoms with E-state index in [4.69, 9.17) is 16.3 Å². The van der Waals surface area contributed by atoms with Crippen molar-refractivity contribution >= 4 is 46.8 Å². The van der Waals surface area contributed by atoms with Gasteiger partial charge in [0.1, 0.15) is 6.04 Å². The van der Waals surface area contributed by atoms with Gasteiger partial charge < -0.3 is 15.0 Å². The van der Waals surface area contributed by atoms with Gasteiger partial charge in [-0.05, 0) is 44.9 Å². The molecule has 0 bridgehead atoms. The van der Waals surface area contributed by atoms with E-state index < -0.39 is 24.0 Å². The van der Waals surface area contributed by atoms with Crippen LogP contribution in [0.5, 0.6) is 0 Å². The number of carbonyl (C=O) groups excluding carboxylic acids is 3. The number of esters is 1. The molecule has 1 aromatic carbocycles. The Morgan fingerprint density at radius 1 is 1.46 bits per heavy atom. The first-order valence-corrected chi connectivity index (χ1v) is 9.81. The maximum absolute atomic E-state index is 12.5. The van der Waals surface area contributed by atoms with Gasteiger partial charge in [-0.25, -0.2) is 4.79 Å². The van der Waals surface area contributed by atoms with E-state index in [0.717, 1.165) is 12.0 Å². The SMILES string of the molecule is Cc1ccc(Cl)cc1NC(=O)[C@@H](C)OC(=O)[C@@H]1CS[C@@]2(C)CCC(=O)N12. The highest BCUT2D eigenvalue weighted by molar-refractivity contribution is 8.01. The molecule has 2 amide bonds. The Morgan fingerprint density at radius 2 is 2.19 bits per heavy atom. The second-order valence-corrected chi connectivity index (χ2v) is 8.73. The molecule has 26 heavy (non-hydrogen) atoms. The largest absolute Gasteiger partial charge is 0.451 e. The third-order valence-electron chi connectivity index (χ3n) is 4.84. The van der Waals surface area contributed by atoms with Gasteiger partial charge in [-0.3, -0.25) is 9.59 Å². The van der Waals surface area contributed by atoms with Crippen molar-refractivity contribution in [3.63, 3.8) is 0 Å². The third-order valence-corrected chi connectivity index (χ3v) is 6.58. The Labute approximate surface area is 161 Å². The molecule has 0 unspecified atom stereocenters. The highest BCUT2D eigenvalue weighted by Crippen LogP contribution is 2.47. The molecule has 2 aliphatic rings. The molecule has 140 valence electrons. The number of anilines is 1. The zero-order chi connectivity index (χ0) is 19.1.